The van der Waals surface area contributed by atoms with Crippen molar-refractivity contribution < 1.29 is 23.7 Å². The third kappa shape index (κ3) is 5.76. The molecule has 1 aliphatic rings. The SMILES string of the molecule is C=CCN1C(=O)/C(=C\c2cc(Cl)c(OCCOc3cccc(OC)c3)c(OC)c2)SC1=S. The number of thiocarbonyl (C=S) groups is 1. The molecule has 6 nitrogen and oxygen atoms in total. The summed E-state index contributed by atoms with van der Waals surface area (Å²) in [7, 11) is 3.13. The summed E-state index contributed by atoms with van der Waals surface area (Å²) >= 11 is 13.0. The van der Waals surface area contributed by atoms with E-state index in [9.17, 15) is 4.79 Å². The van der Waals surface area contributed by atoms with E-state index in [1.165, 1.54) is 23.8 Å². The van der Waals surface area contributed by atoms with E-state index in [2.05, 4.69) is 6.58 Å². The average Bonchev–Trinajstić information content (AvgIpc) is 3.05. The van der Waals surface area contributed by atoms with Gasteiger partial charge < -0.3 is 18.9 Å². The molecule has 0 aromatic heterocycles. The summed E-state index contributed by atoms with van der Waals surface area (Å²) in [5.74, 6) is 2.08. The molecule has 2 aromatic carbocycles. The molecule has 1 amide bonds. The van der Waals surface area contributed by atoms with E-state index in [4.69, 9.17) is 42.8 Å². The third-order valence-corrected chi connectivity index (χ3v) is 6.03. The van der Waals surface area contributed by atoms with Crippen molar-refractivity contribution in [2.75, 3.05) is 34.0 Å². The first kappa shape index (κ1) is 24.0. The number of rotatable bonds is 10. The van der Waals surface area contributed by atoms with Crippen molar-refractivity contribution in [3.05, 3.63) is 64.5 Å². The Bertz CT molecular complexity index is 1060. The van der Waals surface area contributed by atoms with Crippen molar-refractivity contribution in [1.82, 2.24) is 4.90 Å². The maximum absolute atomic E-state index is 12.5. The number of thioether (sulfide) groups is 1. The molecule has 0 N–H and O–H groups in total. The molecule has 0 radical (unpaired) electrons. The minimum Gasteiger partial charge on any atom is -0.497 e. The largest absolute Gasteiger partial charge is 0.497 e. The number of carbonyl (C=O) groups is 1. The second-order valence-corrected chi connectivity index (χ2v) is 8.57. The van der Waals surface area contributed by atoms with E-state index in [0.29, 0.717) is 56.0 Å². The first-order valence-electron chi connectivity index (χ1n) is 9.60. The van der Waals surface area contributed by atoms with Gasteiger partial charge in [0.2, 0.25) is 0 Å². The van der Waals surface area contributed by atoms with Gasteiger partial charge in [-0.25, -0.2) is 0 Å². The van der Waals surface area contributed by atoms with E-state index in [0.717, 1.165) is 0 Å². The lowest BCUT2D eigenvalue weighted by molar-refractivity contribution is -0.121. The van der Waals surface area contributed by atoms with Crippen LogP contribution in [-0.2, 0) is 4.79 Å². The van der Waals surface area contributed by atoms with Gasteiger partial charge in [0.05, 0.1) is 24.1 Å². The monoisotopic (exact) mass is 491 g/mol. The van der Waals surface area contributed by atoms with Crippen LogP contribution in [0.4, 0.5) is 0 Å². The number of halogens is 1. The van der Waals surface area contributed by atoms with E-state index in [1.54, 1.807) is 37.5 Å². The summed E-state index contributed by atoms with van der Waals surface area (Å²) < 4.78 is 22.6. The number of methoxy groups -OCH3 is 2. The maximum Gasteiger partial charge on any atom is 0.266 e. The Kier molecular flexibility index (Phi) is 8.44. The Balaban J connectivity index is 1.68. The first-order valence-corrected chi connectivity index (χ1v) is 11.2. The molecule has 9 heteroatoms. The fourth-order valence-electron chi connectivity index (χ4n) is 2.90. The van der Waals surface area contributed by atoms with Crippen LogP contribution in [0.5, 0.6) is 23.0 Å². The van der Waals surface area contributed by atoms with Crippen molar-refractivity contribution in [2.24, 2.45) is 0 Å². The second kappa shape index (κ2) is 11.3. The minimum absolute atomic E-state index is 0.162. The molecular formula is C23H22ClNO5S2. The number of nitrogens with zero attached hydrogens (tertiary/aromatic N) is 1. The molecule has 0 unspecified atom stereocenters. The zero-order valence-electron chi connectivity index (χ0n) is 17.6. The van der Waals surface area contributed by atoms with Crippen LogP contribution in [0.1, 0.15) is 5.56 Å². The average molecular weight is 492 g/mol. The number of amides is 1. The molecule has 168 valence electrons. The lowest BCUT2D eigenvalue weighted by Gasteiger charge is -2.14. The lowest BCUT2D eigenvalue weighted by Crippen LogP contribution is -2.27. The summed E-state index contributed by atoms with van der Waals surface area (Å²) in [6, 6.07) is 10.8. The van der Waals surface area contributed by atoms with Gasteiger partial charge in [0.15, 0.2) is 11.5 Å². The van der Waals surface area contributed by atoms with Crippen molar-refractivity contribution in [2.45, 2.75) is 0 Å². The zero-order valence-corrected chi connectivity index (χ0v) is 20.0. The van der Waals surface area contributed by atoms with Gasteiger partial charge in [-0.05, 0) is 35.9 Å². The molecule has 0 spiro atoms. The highest BCUT2D eigenvalue weighted by Crippen LogP contribution is 2.39. The first-order chi connectivity index (χ1) is 15.5. The standard InChI is InChI=1S/C23H22ClNO5S2/c1-4-8-25-22(26)20(32-23(25)31)13-15-11-18(24)21(19(12-15)28-3)30-10-9-29-17-7-5-6-16(14-17)27-2/h4-7,11-14H,1,8-10H2,2-3H3/b20-13+. The Morgan fingerprint density at radius 2 is 1.88 bits per heavy atom. The minimum atomic E-state index is -0.162. The smallest absolute Gasteiger partial charge is 0.266 e. The highest BCUT2D eigenvalue weighted by Gasteiger charge is 2.31. The van der Waals surface area contributed by atoms with Gasteiger partial charge in [-0.15, -0.1) is 6.58 Å². The highest BCUT2D eigenvalue weighted by atomic mass is 35.5. The van der Waals surface area contributed by atoms with Gasteiger partial charge in [0.25, 0.3) is 5.91 Å². The van der Waals surface area contributed by atoms with E-state index < -0.39 is 0 Å². The van der Waals surface area contributed by atoms with Crippen molar-refractivity contribution in [3.63, 3.8) is 0 Å². The van der Waals surface area contributed by atoms with Crippen LogP contribution in [0.2, 0.25) is 5.02 Å². The summed E-state index contributed by atoms with van der Waals surface area (Å²) in [4.78, 5) is 14.5. The Morgan fingerprint density at radius 3 is 2.59 bits per heavy atom. The van der Waals surface area contributed by atoms with Crippen LogP contribution in [0.3, 0.4) is 0 Å². The number of hydrogen-bond acceptors (Lipinski definition) is 7. The molecule has 1 saturated heterocycles. The molecular weight excluding hydrogens is 470 g/mol. The Hall–Kier alpha value is -2.68. The van der Waals surface area contributed by atoms with Crippen molar-refractivity contribution in [3.8, 4) is 23.0 Å². The fraction of sp³-hybridized carbons (Fsp3) is 0.217. The predicted molar refractivity (Wildman–Crippen MR) is 132 cm³/mol. The molecule has 0 atom stereocenters. The molecule has 2 aromatic rings. The summed E-state index contributed by atoms with van der Waals surface area (Å²) in [6.45, 7) is 4.59. The van der Waals surface area contributed by atoms with Gasteiger partial charge in [0, 0.05) is 12.6 Å². The molecule has 1 aliphatic heterocycles. The topological polar surface area (TPSA) is 57.2 Å². The van der Waals surface area contributed by atoms with Gasteiger partial charge in [-0.1, -0.05) is 47.7 Å². The third-order valence-electron chi connectivity index (χ3n) is 4.37. The van der Waals surface area contributed by atoms with Crippen LogP contribution >= 0.6 is 35.6 Å². The molecule has 32 heavy (non-hydrogen) atoms. The van der Waals surface area contributed by atoms with Gasteiger partial charge in [-0.2, -0.15) is 0 Å². The van der Waals surface area contributed by atoms with E-state index in [-0.39, 0.29) is 12.5 Å². The number of benzene rings is 2. The molecule has 0 bridgehead atoms. The van der Waals surface area contributed by atoms with Crippen LogP contribution in [0, 0.1) is 0 Å². The van der Waals surface area contributed by atoms with Crippen LogP contribution in [-0.4, -0.2) is 49.1 Å². The van der Waals surface area contributed by atoms with Gasteiger partial charge >= 0.3 is 0 Å². The van der Waals surface area contributed by atoms with Crippen LogP contribution < -0.4 is 18.9 Å². The number of carbonyl (C=O) groups excluding carboxylic acids is 1. The highest BCUT2D eigenvalue weighted by molar-refractivity contribution is 8.26. The number of hydrogen-bond donors (Lipinski definition) is 0. The maximum atomic E-state index is 12.5. The zero-order chi connectivity index (χ0) is 23.1. The molecule has 1 heterocycles. The van der Waals surface area contributed by atoms with Crippen molar-refractivity contribution >= 4 is 51.9 Å². The van der Waals surface area contributed by atoms with E-state index in [1.807, 2.05) is 18.2 Å². The van der Waals surface area contributed by atoms with E-state index >= 15 is 0 Å². The Morgan fingerprint density at radius 1 is 1.12 bits per heavy atom. The Labute approximate surface area is 201 Å². The van der Waals surface area contributed by atoms with Crippen molar-refractivity contribution in [1.29, 1.82) is 0 Å². The fourth-order valence-corrected chi connectivity index (χ4v) is 4.44. The number of ether oxygens (including phenoxy) is 4. The van der Waals surface area contributed by atoms with Crippen LogP contribution in [0.25, 0.3) is 6.08 Å². The quantitative estimate of drug-likeness (QED) is 0.196. The predicted octanol–water partition coefficient (Wildman–Crippen LogP) is 5.20. The summed E-state index contributed by atoms with van der Waals surface area (Å²) in [5.41, 5.74) is 0.700. The second-order valence-electron chi connectivity index (χ2n) is 6.49. The summed E-state index contributed by atoms with van der Waals surface area (Å²) in [6.07, 6.45) is 3.37. The van der Waals surface area contributed by atoms with Gasteiger partial charge in [0.1, 0.15) is 29.0 Å². The molecule has 0 saturated carbocycles. The molecule has 0 aliphatic carbocycles. The lowest BCUT2D eigenvalue weighted by atomic mass is 10.1. The molecule has 1 fully saturated rings. The molecule has 3 rings (SSSR count). The van der Waals surface area contributed by atoms with Gasteiger partial charge in [-0.3, -0.25) is 9.69 Å². The normalized spacial score (nSPS) is 14.6. The summed E-state index contributed by atoms with van der Waals surface area (Å²) in [5, 5.41) is 0.360. The van der Waals surface area contributed by atoms with Crippen LogP contribution in [0.15, 0.2) is 54.0 Å².